The van der Waals surface area contributed by atoms with Crippen LogP contribution in [0.5, 0.6) is 0 Å². The fourth-order valence-electron chi connectivity index (χ4n) is 1.92. The van der Waals surface area contributed by atoms with Crippen LogP contribution in [-0.2, 0) is 6.54 Å². The first-order valence-electron chi connectivity index (χ1n) is 6.44. The SMILES string of the molecule is OC(CCNCc1ccccc1)c1ccc(F)cc1. The molecule has 2 aromatic carbocycles. The molecular weight excluding hydrogens is 241 g/mol. The highest BCUT2D eigenvalue weighted by Crippen LogP contribution is 2.16. The highest BCUT2D eigenvalue weighted by Gasteiger charge is 2.06. The lowest BCUT2D eigenvalue weighted by Gasteiger charge is -2.11. The molecule has 2 rings (SSSR count). The molecule has 2 N–H and O–H groups in total. The van der Waals surface area contributed by atoms with Crippen LogP contribution in [0.1, 0.15) is 23.7 Å². The molecule has 0 saturated carbocycles. The number of hydrogen-bond donors (Lipinski definition) is 2. The van der Waals surface area contributed by atoms with Crippen LogP contribution >= 0.6 is 0 Å². The summed E-state index contributed by atoms with van der Waals surface area (Å²) in [4.78, 5) is 0. The average molecular weight is 259 g/mol. The van der Waals surface area contributed by atoms with E-state index in [1.165, 1.54) is 17.7 Å². The van der Waals surface area contributed by atoms with Crippen LogP contribution in [0.3, 0.4) is 0 Å². The maximum atomic E-state index is 12.8. The molecule has 100 valence electrons. The molecule has 19 heavy (non-hydrogen) atoms. The third-order valence-electron chi connectivity index (χ3n) is 3.02. The molecule has 3 heteroatoms. The van der Waals surface area contributed by atoms with Gasteiger partial charge in [-0.15, -0.1) is 0 Å². The predicted molar refractivity (Wildman–Crippen MR) is 74.1 cm³/mol. The van der Waals surface area contributed by atoms with Crippen molar-refractivity contribution in [3.05, 3.63) is 71.5 Å². The zero-order chi connectivity index (χ0) is 13.5. The van der Waals surface area contributed by atoms with Gasteiger partial charge in [-0.1, -0.05) is 42.5 Å². The van der Waals surface area contributed by atoms with Crippen molar-refractivity contribution in [1.29, 1.82) is 0 Å². The molecule has 0 aliphatic rings. The van der Waals surface area contributed by atoms with Crippen LogP contribution < -0.4 is 5.32 Å². The molecule has 0 saturated heterocycles. The van der Waals surface area contributed by atoms with Gasteiger partial charge in [0.1, 0.15) is 5.82 Å². The second-order valence-electron chi connectivity index (χ2n) is 4.52. The topological polar surface area (TPSA) is 32.3 Å². The summed E-state index contributed by atoms with van der Waals surface area (Å²) in [7, 11) is 0. The number of benzene rings is 2. The number of aliphatic hydroxyl groups is 1. The van der Waals surface area contributed by atoms with Gasteiger partial charge in [0, 0.05) is 6.54 Å². The van der Waals surface area contributed by atoms with Gasteiger partial charge in [-0.2, -0.15) is 0 Å². The van der Waals surface area contributed by atoms with Crippen molar-refractivity contribution < 1.29 is 9.50 Å². The molecule has 1 atom stereocenters. The first kappa shape index (κ1) is 13.7. The molecule has 0 aliphatic heterocycles. The third-order valence-corrected chi connectivity index (χ3v) is 3.02. The van der Waals surface area contributed by atoms with Gasteiger partial charge in [0.05, 0.1) is 6.10 Å². The predicted octanol–water partition coefficient (Wildman–Crippen LogP) is 3.04. The van der Waals surface area contributed by atoms with Crippen molar-refractivity contribution in [2.24, 2.45) is 0 Å². The standard InChI is InChI=1S/C16H18FNO/c17-15-8-6-14(7-9-15)16(19)10-11-18-12-13-4-2-1-3-5-13/h1-9,16,18-19H,10-12H2. The lowest BCUT2D eigenvalue weighted by atomic mass is 10.1. The molecule has 0 radical (unpaired) electrons. The Morgan fingerprint density at radius 3 is 2.37 bits per heavy atom. The number of halogens is 1. The largest absolute Gasteiger partial charge is 0.388 e. The minimum atomic E-state index is -0.552. The van der Waals surface area contributed by atoms with E-state index in [-0.39, 0.29) is 5.82 Å². The summed E-state index contributed by atoms with van der Waals surface area (Å²) in [5, 5.41) is 13.2. The van der Waals surface area contributed by atoms with E-state index in [1.54, 1.807) is 12.1 Å². The van der Waals surface area contributed by atoms with Gasteiger partial charge in [-0.25, -0.2) is 4.39 Å². The van der Waals surface area contributed by atoms with Crippen molar-refractivity contribution in [3.63, 3.8) is 0 Å². The molecular formula is C16H18FNO. The Morgan fingerprint density at radius 1 is 1.00 bits per heavy atom. The van der Waals surface area contributed by atoms with E-state index in [4.69, 9.17) is 0 Å². The lowest BCUT2D eigenvalue weighted by molar-refractivity contribution is 0.166. The van der Waals surface area contributed by atoms with Crippen molar-refractivity contribution in [3.8, 4) is 0 Å². The second-order valence-corrected chi connectivity index (χ2v) is 4.52. The fourth-order valence-corrected chi connectivity index (χ4v) is 1.92. The molecule has 0 aliphatic carbocycles. The molecule has 0 fully saturated rings. The van der Waals surface area contributed by atoms with Gasteiger partial charge in [0.2, 0.25) is 0 Å². The van der Waals surface area contributed by atoms with E-state index in [2.05, 4.69) is 17.4 Å². The molecule has 1 unspecified atom stereocenters. The maximum absolute atomic E-state index is 12.8. The summed E-state index contributed by atoms with van der Waals surface area (Å²) in [6.45, 7) is 1.50. The Hall–Kier alpha value is -1.71. The van der Waals surface area contributed by atoms with Gasteiger partial charge in [-0.05, 0) is 36.2 Å². The van der Waals surface area contributed by atoms with Crippen LogP contribution in [0, 0.1) is 5.82 Å². The summed E-state index contributed by atoms with van der Waals surface area (Å²) in [6.07, 6.45) is 0.0576. The van der Waals surface area contributed by atoms with Crippen LogP contribution in [0.15, 0.2) is 54.6 Å². The first-order chi connectivity index (χ1) is 9.25. The maximum Gasteiger partial charge on any atom is 0.123 e. The summed E-state index contributed by atoms with van der Waals surface area (Å²) in [5.41, 5.74) is 1.97. The fraction of sp³-hybridized carbons (Fsp3) is 0.250. The molecule has 0 aromatic heterocycles. The van der Waals surface area contributed by atoms with Gasteiger partial charge in [0.15, 0.2) is 0 Å². The number of hydrogen-bond acceptors (Lipinski definition) is 2. The minimum absolute atomic E-state index is 0.279. The minimum Gasteiger partial charge on any atom is -0.388 e. The smallest absolute Gasteiger partial charge is 0.123 e. The molecule has 0 amide bonds. The van der Waals surface area contributed by atoms with E-state index >= 15 is 0 Å². The van der Waals surface area contributed by atoms with Crippen LogP contribution in [-0.4, -0.2) is 11.7 Å². The Bertz CT molecular complexity index is 484. The summed E-state index contributed by atoms with van der Waals surface area (Å²) >= 11 is 0. The quantitative estimate of drug-likeness (QED) is 0.781. The normalized spacial score (nSPS) is 12.3. The number of rotatable bonds is 6. The molecule has 0 spiro atoms. The summed E-state index contributed by atoms with van der Waals surface area (Å²) in [5.74, 6) is -0.279. The molecule has 0 heterocycles. The van der Waals surface area contributed by atoms with Crippen LogP contribution in [0.25, 0.3) is 0 Å². The van der Waals surface area contributed by atoms with E-state index in [0.29, 0.717) is 13.0 Å². The van der Waals surface area contributed by atoms with E-state index in [0.717, 1.165) is 12.1 Å². The van der Waals surface area contributed by atoms with Crippen molar-refractivity contribution >= 4 is 0 Å². The summed E-state index contributed by atoms with van der Waals surface area (Å²) < 4.78 is 12.8. The third kappa shape index (κ3) is 4.47. The van der Waals surface area contributed by atoms with E-state index in [1.807, 2.05) is 18.2 Å². The van der Waals surface area contributed by atoms with Crippen molar-refractivity contribution in [2.75, 3.05) is 6.54 Å². The van der Waals surface area contributed by atoms with Crippen molar-refractivity contribution in [2.45, 2.75) is 19.1 Å². The molecule has 2 aromatic rings. The molecule has 2 nitrogen and oxygen atoms in total. The van der Waals surface area contributed by atoms with Gasteiger partial charge < -0.3 is 10.4 Å². The summed E-state index contributed by atoms with van der Waals surface area (Å²) in [6, 6.07) is 16.1. The monoisotopic (exact) mass is 259 g/mol. The zero-order valence-electron chi connectivity index (χ0n) is 10.7. The Kier molecular flexibility index (Phi) is 5.07. The van der Waals surface area contributed by atoms with E-state index in [9.17, 15) is 9.50 Å². The molecule has 0 bridgehead atoms. The van der Waals surface area contributed by atoms with Gasteiger partial charge >= 0.3 is 0 Å². The van der Waals surface area contributed by atoms with Gasteiger partial charge in [0.25, 0.3) is 0 Å². The Morgan fingerprint density at radius 2 is 1.68 bits per heavy atom. The van der Waals surface area contributed by atoms with Crippen LogP contribution in [0.4, 0.5) is 4.39 Å². The second kappa shape index (κ2) is 7.02. The van der Waals surface area contributed by atoms with Crippen molar-refractivity contribution in [1.82, 2.24) is 5.32 Å². The Labute approximate surface area is 112 Å². The number of nitrogens with one attached hydrogen (secondary N) is 1. The van der Waals surface area contributed by atoms with Gasteiger partial charge in [-0.3, -0.25) is 0 Å². The zero-order valence-corrected chi connectivity index (χ0v) is 10.7. The first-order valence-corrected chi connectivity index (χ1v) is 6.44. The number of aliphatic hydroxyl groups excluding tert-OH is 1. The van der Waals surface area contributed by atoms with Crippen LogP contribution in [0.2, 0.25) is 0 Å². The van der Waals surface area contributed by atoms with E-state index < -0.39 is 6.10 Å². The lowest BCUT2D eigenvalue weighted by Crippen LogP contribution is -2.17. The average Bonchev–Trinajstić information content (AvgIpc) is 2.45. The highest BCUT2D eigenvalue weighted by molar-refractivity contribution is 5.18. The Balaban J connectivity index is 1.72. The highest BCUT2D eigenvalue weighted by atomic mass is 19.1.